The van der Waals surface area contributed by atoms with Crippen LogP contribution in [0.3, 0.4) is 0 Å². The van der Waals surface area contributed by atoms with E-state index in [1.807, 2.05) is 29.8 Å². The molecule has 8 heteroatoms. The Morgan fingerprint density at radius 1 is 0.900 bits per heavy atom. The molecule has 0 saturated carbocycles. The van der Waals surface area contributed by atoms with Crippen molar-refractivity contribution in [1.29, 1.82) is 0 Å². The minimum absolute atomic E-state index is 0.260. The number of halogens is 1. The van der Waals surface area contributed by atoms with Crippen LogP contribution in [-0.2, 0) is 12.8 Å². The molecular formula is C22H19FN6S. The number of aryl methyl sites for hydroxylation is 2. The van der Waals surface area contributed by atoms with Crippen LogP contribution in [0.4, 0.5) is 4.39 Å². The van der Waals surface area contributed by atoms with E-state index in [9.17, 15) is 4.39 Å². The van der Waals surface area contributed by atoms with E-state index in [0.29, 0.717) is 6.42 Å². The quantitative estimate of drug-likeness (QED) is 0.419. The Bertz CT molecular complexity index is 1320. The number of rotatable bonds is 5. The van der Waals surface area contributed by atoms with Crippen LogP contribution in [0.5, 0.6) is 0 Å². The second-order valence-electron chi connectivity index (χ2n) is 7.12. The zero-order valence-corrected chi connectivity index (χ0v) is 17.4. The van der Waals surface area contributed by atoms with Gasteiger partial charge in [-0.1, -0.05) is 29.5 Å². The number of benzene rings is 2. The topological polar surface area (TPSA) is 60.9 Å². The van der Waals surface area contributed by atoms with E-state index >= 15 is 0 Å². The van der Waals surface area contributed by atoms with Crippen LogP contribution in [0, 0.1) is 19.7 Å². The molecule has 0 amide bonds. The number of fused-ring (bicyclic) bond motifs is 1. The fourth-order valence-electron chi connectivity index (χ4n) is 3.62. The van der Waals surface area contributed by atoms with Gasteiger partial charge in [0.15, 0.2) is 5.82 Å². The molecule has 150 valence electrons. The van der Waals surface area contributed by atoms with Gasteiger partial charge in [0.2, 0.25) is 4.96 Å². The van der Waals surface area contributed by atoms with Gasteiger partial charge < -0.3 is 0 Å². The van der Waals surface area contributed by atoms with Gasteiger partial charge in [0, 0.05) is 17.7 Å². The first-order chi connectivity index (χ1) is 14.6. The molecule has 0 bridgehead atoms. The van der Waals surface area contributed by atoms with E-state index in [2.05, 4.69) is 34.4 Å². The van der Waals surface area contributed by atoms with Gasteiger partial charge in [0.1, 0.15) is 10.8 Å². The average Bonchev–Trinajstić information content (AvgIpc) is 3.42. The Balaban J connectivity index is 1.41. The maximum absolute atomic E-state index is 13.2. The normalized spacial score (nSPS) is 11.4. The number of nitrogens with zero attached hydrogens (tertiary/aromatic N) is 6. The molecule has 0 saturated heterocycles. The monoisotopic (exact) mass is 418 g/mol. The van der Waals surface area contributed by atoms with Crippen LogP contribution in [-0.4, -0.2) is 29.6 Å². The second kappa shape index (κ2) is 7.46. The van der Waals surface area contributed by atoms with E-state index < -0.39 is 0 Å². The van der Waals surface area contributed by atoms with Crippen molar-refractivity contribution in [2.75, 3.05) is 0 Å². The Labute approximate surface area is 176 Å². The molecule has 3 heterocycles. The maximum Gasteiger partial charge on any atom is 0.234 e. The standard InChI is InChI=1S/C22H19FN6S/c1-14-19(15(2)28(26-14)18-6-4-3-5-7-18)12-13-20-24-25-22-29(20)27-21(30-22)16-8-10-17(23)11-9-16/h3-11H,12-13H2,1-2H3. The minimum Gasteiger partial charge on any atom is -0.238 e. The summed E-state index contributed by atoms with van der Waals surface area (Å²) in [5, 5.41) is 18.8. The van der Waals surface area contributed by atoms with E-state index in [4.69, 9.17) is 5.10 Å². The Kier molecular flexibility index (Phi) is 4.63. The third-order valence-electron chi connectivity index (χ3n) is 5.19. The van der Waals surface area contributed by atoms with Crippen molar-refractivity contribution in [2.45, 2.75) is 26.7 Å². The van der Waals surface area contributed by atoms with Crippen molar-refractivity contribution >= 4 is 16.3 Å². The van der Waals surface area contributed by atoms with E-state index in [1.165, 1.54) is 29.0 Å². The van der Waals surface area contributed by atoms with Gasteiger partial charge in [0.25, 0.3) is 0 Å². The van der Waals surface area contributed by atoms with E-state index in [1.54, 1.807) is 16.6 Å². The van der Waals surface area contributed by atoms with Crippen LogP contribution in [0.2, 0.25) is 0 Å². The van der Waals surface area contributed by atoms with Crippen molar-refractivity contribution < 1.29 is 4.39 Å². The maximum atomic E-state index is 13.2. The molecular weight excluding hydrogens is 399 g/mol. The highest BCUT2D eigenvalue weighted by Crippen LogP contribution is 2.26. The molecule has 0 aliphatic rings. The zero-order valence-electron chi connectivity index (χ0n) is 16.6. The van der Waals surface area contributed by atoms with Gasteiger partial charge in [-0.15, -0.1) is 10.2 Å². The molecule has 2 aromatic carbocycles. The number of hydrogen-bond donors (Lipinski definition) is 0. The van der Waals surface area contributed by atoms with E-state index in [-0.39, 0.29) is 5.82 Å². The molecule has 0 radical (unpaired) electrons. The fraction of sp³-hybridized carbons (Fsp3) is 0.182. The number of aromatic nitrogens is 6. The van der Waals surface area contributed by atoms with Crippen LogP contribution in [0.25, 0.3) is 21.2 Å². The predicted molar refractivity (Wildman–Crippen MR) is 114 cm³/mol. The van der Waals surface area contributed by atoms with Crippen LogP contribution < -0.4 is 0 Å². The highest BCUT2D eigenvalue weighted by Gasteiger charge is 2.16. The van der Waals surface area contributed by atoms with Crippen molar-refractivity contribution in [3.63, 3.8) is 0 Å². The van der Waals surface area contributed by atoms with Crippen LogP contribution in [0.15, 0.2) is 54.6 Å². The second-order valence-corrected chi connectivity index (χ2v) is 8.08. The largest absolute Gasteiger partial charge is 0.238 e. The Hall–Kier alpha value is -3.39. The molecule has 0 spiro atoms. The molecule has 0 unspecified atom stereocenters. The third-order valence-corrected chi connectivity index (χ3v) is 6.14. The zero-order chi connectivity index (χ0) is 20.7. The number of hydrogen-bond acceptors (Lipinski definition) is 5. The van der Waals surface area contributed by atoms with Crippen molar-refractivity contribution in [1.82, 2.24) is 29.6 Å². The molecule has 30 heavy (non-hydrogen) atoms. The summed E-state index contributed by atoms with van der Waals surface area (Å²) >= 11 is 1.45. The first-order valence-electron chi connectivity index (χ1n) is 9.68. The first kappa shape index (κ1) is 18.6. The summed E-state index contributed by atoms with van der Waals surface area (Å²) in [6.07, 6.45) is 1.50. The number of para-hydroxylation sites is 1. The van der Waals surface area contributed by atoms with Gasteiger partial charge >= 0.3 is 0 Å². The minimum atomic E-state index is -0.260. The van der Waals surface area contributed by atoms with Crippen molar-refractivity contribution in [3.05, 3.63) is 83.2 Å². The summed E-state index contributed by atoms with van der Waals surface area (Å²) in [6.45, 7) is 4.13. The molecule has 6 nitrogen and oxygen atoms in total. The lowest BCUT2D eigenvalue weighted by Crippen LogP contribution is -2.02. The molecule has 0 fully saturated rings. The molecule has 5 aromatic rings. The van der Waals surface area contributed by atoms with Gasteiger partial charge in [-0.3, -0.25) is 0 Å². The predicted octanol–water partition coefficient (Wildman–Crippen LogP) is 4.58. The summed E-state index contributed by atoms with van der Waals surface area (Å²) in [4.78, 5) is 0.734. The van der Waals surface area contributed by atoms with Crippen LogP contribution in [0.1, 0.15) is 22.8 Å². The Morgan fingerprint density at radius 2 is 1.67 bits per heavy atom. The lowest BCUT2D eigenvalue weighted by atomic mass is 10.1. The summed E-state index contributed by atoms with van der Waals surface area (Å²) in [7, 11) is 0. The molecule has 0 atom stereocenters. The SMILES string of the molecule is Cc1nn(-c2ccccc2)c(C)c1CCc1nnc2sc(-c3ccc(F)cc3)nn12. The summed E-state index contributed by atoms with van der Waals surface area (Å²) in [6, 6.07) is 16.5. The lowest BCUT2D eigenvalue weighted by Gasteiger charge is -2.05. The fourth-order valence-corrected chi connectivity index (χ4v) is 4.48. The van der Waals surface area contributed by atoms with Gasteiger partial charge in [-0.2, -0.15) is 14.7 Å². The summed E-state index contributed by atoms with van der Waals surface area (Å²) < 4.78 is 17.0. The van der Waals surface area contributed by atoms with Crippen LogP contribution >= 0.6 is 11.3 Å². The van der Waals surface area contributed by atoms with Crippen molar-refractivity contribution in [2.24, 2.45) is 0 Å². The van der Waals surface area contributed by atoms with Gasteiger partial charge in [-0.05, 0) is 62.2 Å². The highest BCUT2D eigenvalue weighted by molar-refractivity contribution is 7.19. The molecule has 0 N–H and O–H groups in total. The smallest absolute Gasteiger partial charge is 0.234 e. The summed E-state index contributed by atoms with van der Waals surface area (Å²) in [5.41, 5.74) is 5.28. The molecule has 3 aromatic heterocycles. The molecule has 0 aliphatic heterocycles. The molecule has 0 aliphatic carbocycles. The van der Waals surface area contributed by atoms with E-state index in [0.717, 1.165) is 44.9 Å². The molecule has 5 rings (SSSR count). The van der Waals surface area contributed by atoms with Gasteiger partial charge in [-0.25, -0.2) is 9.07 Å². The highest BCUT2D eigenvalue weighted by atomic mass is 32.1. The first-order valence-corrected chi connectivity index (χ1v) is 10.5. The Morgan fingerprint density at radius 3 is 2.43 bits per heavy atom. The average molecular weight is 419 g/mol. The lowest BCUT2D eigenvalue weighted by molar-refractivity contribution is 0.628. The van der Waals surface area contributed by atoms with Gasteiger partial charge in [0.05, 0.1) is 11.4 Å². The third kappa shape index (κ3) is 3.29. The van der Waals surface area contributed by atoms with Crippen molar-refractivity contribution in [3.8, 4) is 16.3 Å². The summed E-state index contributed by atoms with van der Waals surface area (Å²) in [5.74, 6) is 0.546.